The largest absolute Gasteiger partial charge is 0.378 e. The van der Waals surface area contributed by atoms with Crippen molar-refractivity contribution in [3.8, 4) is 0 Å². The van der Waals surface area contributed by atoms with Crippen molar-refractivity contribution in [2.75, 3.05) is 26.4 Å². The molecule has 2 aliphatic rings. The summed E-state index contributed by atoms with van der Waals surface area (Å²) in [4.78, 5) is 11.8. The van der Waals surface area contributed by atoms with Crippen molar-refractivity contribution < 1.29 is 14.3 Å². The summed E-state index contributed by atoms with van der Waals surface area (Å²) in [5, 5.41) is 3.08. The van der Waals surface area contributed by atoms with E-state index in [1.54, 1.807) is 0 Å². The number of halogens is 1. The average molecular weight is 307 g/mol. The van der Waals surface area contributed by atoms with Crippen molar-refractivity contribution in [3.63, 3.8) is 0 Å². The summed E-state index contributed by atoms with van der Waals surface area (Å²) in [6, 6.07) is 0.274. The normalized spacial score (nSPS) is 29.1. The highest BCUT2D eigenvalue weighted by Gasteiger charge is 2.27. The van der Waals surface area contributed by atoms with Gasteiger partial charge in [0.25, 0.3) is 0 Å². The Bertz CT molecular complexity index is 286. The fourth-order valence-corrected chi connectivity index (χ4v) is 2.94. The van der Waals surface area contributed by atoms with E-state index in [4.69, 9.17) is 15.2 Å². The van der Waals surface area contributed by atoms with Gasteiger partial charge in [0.15, 0.2) is 0 Å². The second-order valence-corrected chi connectivity index (χ2v) is 5.56. The standard InChI is InChI=1S/C14H26N2O3.ClH/c15-9-11-3-1-5-13(11)16-14(17)6-8-18-10-12-4-2-7-19-12;/h11-13H,1-10,15H2,(H,16,17);1H. The molecular formula is C14H27ClN2O3. The molecule has 1 saturated heterocycles. The van der Waals surface area contributed by atoms with Crippen LogP contribution < -0.4 is 11.1 Å². The van der Waals surface area contributed by atoms with Crippen LogP contribution in [0.15, 0.2) is 0 Å². The summed E-state index contributed by atoms with van der Waals surface area (Å²) in [6.07, 6.45) is 6.23. The van der Waals surface area contributed by atoms with Gasteiger partial charge in [-0.1, -0.05) is 6.42 Å². The summed E-state index contributed by atoms with van der Waals surface area (Å²) in [6.45, 7) is 2.60. The van der Waals surface area contributed by atoms with Gasteiger partial charge in [-0.05, 0) is 38.1 Å². The molecule has 0 radical (unpaired) electrons. The van der Waals surface area contributed by atoms with E-state index in [0.717, 1.165) is 32.3 Å². The van der Waals surface area contributed by atoms with Gasteiger partial charge in [-0.25, -0.2) is 0 Å². The molecule has 5 nitrogen and oxygen atoms in total. The van der Waals surface area contributed by atoms with Gasteiger partial charge in [-0.3, -0.25) is 4.79 Å². The molecule has 1 saturated carbocycles. The Hall–Kier alpha value is -0.360. The first-order valence-electron chi connectivity index (χ1n) is 7.48. The van der Waals surface area contributed by atoms with Crippen molar-refractivity contribution in [2.45, 2.75) is 50.7 Å². The maximum atomic E-state index is 11.8. The zero-order valence-corrected chi connectivity index (χ0v) is 12.8. The summed E-state index contributed by atoms with van der Waals surface area (Å²) in [7, 11) is 0. The van der Waals surface area contributed by atoms with Crippen LogP contribution >= 0.6 is 12.4 Å². The first-order valence-corrected chi connectivity index (χ1v) is 7.48. The van der Waals surface area contributed by atoms with E-state index in [0.29, 0.717) is 32.1 Å². The molecule has 2 fully saturated rings. The Morgan fingerprint density at radius 2 is 2.15 bits per heavy atom. The molecular weight excluding hydrogens is 280 g/mol. The van der Waals surface area contributed by atoms with E-state index in [2.05, 4.69) is 5.32 Å². The number of rotatable bonds is 7. The van der Waals surface area contributed by atoms with Crippen LogP contribution in [0, 0.1) is 5.92 Å². The number of nitrogens with one attached hydrogen (secondary N) is 1. The quantitative estimate of drug-likeness (QED) is 0.694. The molecule has 2 rings (SSSR count). The zero-order valence-electron chi connectivity index (χ0n) is 12.0. The number of nitrogens with two attached hydrogens (primary N) is 1. The van der Waals surface area contributed by atoms with Crippen LogP contribution in [0.1, 0.15) is 38.5 Å². The number of hydrogen-bond acceptors (Lipinski definition) is 4. The molecule has 1 aliphatic carbocycles. The van der Waals surface area contributed by atoms with Gasteiger partial charge in [-0.2, -0.15) is 0 Å². The summed E-state index contributed by atoms with van der Waals surface area (Å²) < 4.78 is 11.0. The molecule has 1 amide bonds. The molecule has 6 heteroatoms. The lowest BCUT2D eigenvalue weighted by molar-refractivity contribution is -0.123. The monoisotopic (exact) mass is 306 g/mol. The third-order valence-corrected chi connectivity index (χ3v) is 4.11. The lowest BCUT2D eigenvalue weighted by Gasteiger charge is -2.19. The van der Waals surface area contributed by atoms with Gasteiger partial charge < -0.3 is 20.5 Å². The van der Waals surface area contributed by atoms with Crippen LogP contribution in [0.25, 0.3) is 0 Å². The predicted octanol–water partition coefficient (Wildman–Crippen LogP) is 1.24. The van der Waals surface area contributed by atoms with Crippen LogP contribution in [-0.2, 0) is 14.3 Å². The predicted molar refractivity (Wildman–Crippen MR) is 80.0 cm³/mol. The molecule has 3 atom stereocenters. The topological polar surface area (TPSA) is 73.6 Å². The molecule has 0 aromatic heterocycles. The fourth-order valence-electron chi connectivity index (χ4n) is 2.94. The van der Waals surface area contributed by atoms with E-state index in [1.807, 2.05) is 0 Å². The molecule has 20 heavy (non-hydrogen) atoms. The molecule has 118 valence electrons. The van der Waals surface area contributed by atoms with Crippen LogP contribution in [-0.4, -0.2) is 44.4 Å². The van der Waals surface area contributed by atoms with Gasteiger partial charge in [-0.15, -0.1) is 12.4 Å². The molecule has 3 N–H and O–H groups in total. The van der Waals surface area contributed by atoms with Crippen molar-refractivity contribution in [1.82, 2.24) is 5.32 Å². The Kier molecular flexibility index (Phi) is 8.45. The van der Waals surface area contributed by atoms with Gasteiger partial charge in [0.05, 0.1) is 19.3 Å². The van der Waals surface area contributed by atoms with Crippen molar-refractivity contribution in [3.05, 3.63) is 0 Å². The van der Waals surface area contributed by atoms with Crippen molar-refractivity contribution in [1.29, 1.82) is 0 Å². The molecule has 0 aromatic rings. The zero-order chi connectivity index (χ0) is 13.5. The number of hydrogen-bond donors (Lipinski definition) is 2. The third kappa shape index (κ3) is 5.56. The Morgan fingerprint density at radius 1 is 1.30 bits per heavy atom. The number of carbonyl (C=O) groups excluding carboxylic acids is 1. The highest BCUT2D eigenvalue weighted by Crippen LogP contribution is 2.24. The first-order chi connectivity index (χ1) is 9.29. The van der Waals surface area contributed by atoms with E-state index in [9.17, 15) is 4.79 Å². The maximum absolute atomic E-state index is 11.8. The average Bonchev–Trinajstić information content (AvgIpc) is 3.05. The van der Waals surface area contributed by atoms with E-state index < -0.39 is 0 Å². The minimum Gasteiger partial charge on any atom is -0.378 e. The number of ether oxygens (including phenoxy) is 2. The molecule has 1 heterocycles. The first kappa shape index (κ1) is 17.7. The second kappa shape index (κ2) is 9.55. The van der Waals surface area contributed by atoms with Crippen molar-refractivity contribution in [2.24, 2.45) is 11.7 Å². The minimum atomic E-state index is 0. The smallest absolute Gasteiger partial charge is 0.222 e. The fraction of sp³-hybridized carbons (Fsp3) is 0.929. The van der Waals surface area contributed by atoms with Crippen molar-refractivity contribution >= 4 is 18.3 Å². The number of carbonyl (C=O) groups is 1. The number of amides is 1. The lowest BCUT2D eigenvalue weighted by atomic mass is 10.0. The second-order valence-electron chi connectivity index (χ2n) is 5.56. The Balaban J connectivity index is 0.00000200. The highest BCUT2D eigenvalue weighted by molar-refractivity contribution is 5.85. The lowest BCUT2D eigenvalue weighted by Crippen LogP contribution is -2.40. The summed E-state index contributed by atoms with van der Waals surface area (Å²) in [5.74, 6) is 0.537. The van der Waals surface area contributed by atoms with Crippen LogP contribution in [0.3, 0.4) is 0 Å². The van der Waals surface area contributed by atoms with Crippen LogP contribution in [0.2, 0.25) is 0 Å². The minimum absolute atomic E-state index is 0. The van der Waals surface area contributed by atoms with Gasteiger partial charge in [0.1, 0.15) is 0 Å². The Labute approximate surface area is 127 Å². The summed E-state index contributed by atoms with van der Waals surface area (Å²) in [5.41, 5.74) is 5.70. The third-order valence-electron chi connectivity index (χ3n) is 4.11. The molecule has 0 spiro atoms. The molecule has 0 bridgehead atoms. The van der Waals surface area contributed by atoms with Gasteiger partial charge in [0.2, 0.25) is 5.91 Å². The van der Waals surface area contributed by atoms with Crippen LogP contribution in [0.4, 0.5) is 0 Å². The van der Waals surface area contributed by atoms with Crippen LogP contribution in [0.5, 0.6) is 0 Å². The van der Waals surface area contributed by atoms with E-state index in [-0.39, 0.29) is 30.5 Å². The molecule has 0 aromatic carbocycles. The van der Waals surface area contributed by atoms with Gasteiger partial charge in [0, 0.05) is 19.1 Å². The van der Waals surface area contributed by atoms with E-state index in [1.165, 1.54) is 6.42 Å². The van der Waals surface area contributed by atoms with Gasteiger partial charge >= 0.3 is 0 Å². The maximum Gasteiger partial charge on any atom is 0.222 e. The molecule has 3 unspecified atom stereocenters. The summed E-state index contributed by atoms with van der Waals surface area (Å²) >= 11 is 0. The Morgan fingerprint density at radius 3 is 2.85 bits per heavy atom. The molecule has 1 aliphatic heterocycles. The highest BCUT2D eigenvalue weighted by atomic mass is 35.5. The SMILES string of the molecule is Cl.NCC1CCCC1NC(=O)CCOCC1CCCO1. The van der Waals surface area contributed by atoms with E-state index >= 15 is 0 Å².